The number of aromatic nitrogens is 4. The van der Waals surface area contributed by atoms with Crippen LogP contribution in [0.25, 0.3) is 5.82 Å². The van der Waals surface area contributed by atoms with E-state index in [0.717, 1.165) is 19.8 Å². The van der Waals surface area contributed by atoms with Crippen molar-refractivity contribution < 1.29 is 26.7 Å². The zero-order valence-electron chi connectivity index (χ0n) is 26.1. The van der Waals surface area contributed by atoms with Crippen molar-refractivity contribution in [3.05, 3.63) is 48.2 Å². The Hall–Kier alpha value is -3.81. The number of anilines is 2. The summed E-state index contributed by atoms with van der Waals surface area (Å²) >= 11 is 0. The molecule has 1 saturated carbocycles. The summed E-state index contributed by atoms with van der Waals surface area (Å²) < 4.78 is 62.6. The SMILES string of the molecule is CC1CN(c2nc(-n3ccc(OCCC4CCCC4)n3)ccc2C(=O)NS(=O)(=O)c2cccc(NCC(C)(F)F)n2)C(C)(C)C1. The van der Waals surface area contributed by atoms with Crippen molar-refractivity contribution >= 4 is 27.6 Å². The van der Waals surface area contributed by atoms with Crippen LogP contribution in [0.1, 0.15) is 76.6 Å². The minimum atomic E-state index is -4.46. The van der Waals surface area contributed by atoms with Crippen molar-refractivity contribution in [3.63, 3.8) is 0 Å². The minimum absolute atomic E-state index is 0.0598. The van der Waals surface area contributed by atoms with Gasteiger partial charge in [0.2, 0.25) is 5.88 Å². The molecule has 14 heteroatoms. The van der Waals surface area contributed by atoms with Gasteiger partial charge in [0, 0.05) is 31.3 Å². The summed E-state index contributed by atoms with van der Waals surface area (Å²) in [5.74, 6) is -1.73. The van der Waals surface area contributed by atoms with E-state index in [1.54, 1.807) is 23.0 Å². The molecule has 0 radical (unpaired) electrons. The van der Waals surface area contributed by atoms with Gasteiger partial charge in [-0.25, -0.2) is 28.2 Å². The summed E-state index contributed by atoms with van der Waals surface area (Å²) in [5, 5.41) is 6.46. The van der Waals surface area contributed by atoms with Crippen molar-refractivity contribution in [3.8, 4) is 11.7 Å². The molecule has 244 valence electrons. The molecule has 1 aliphatic carbocycles. The number of ether oxygens (including phenoxy) is 1. The van der Waals surface area contributed by atoms with Crippen molar-refractivity contribution in [2.24, 2.45) is 11.8 Å². The fraction of sp³-hybridized carbons (Fsp3) is 0.548. The maximum atomic E-state index is 13.6. The number of carbonyl (C=O) groups excluding carboxylic acids is 1. The number of nitrogens with zero attached hydrogens (tertiary/aromatic N) is 5. The molecule has 0 spiro atoms. The van der Waals surface area contributed by atoms with Crippen molar-refractivity contribution in [1.82, 2.24) is 24.5 Å². The smallest absolute Gasteiger partial charge is 0.281 e. The highest BCUT2D eigenvalue weighted by molar-refractivity contribution is 7.90. The highest BCUT2D eigenvalue weighted by atomic mass is 32.2. The van der Waals surface area contributed by atoms with Crippen LogP contribution in [0, 0.1) is 11.8 Å². The highest BCUT2D eigenvalue weighted by Gasteiger charge is 2.39. The molecule has 1 atom stereocenters. The quantitative estimate of drug-likeness (QED) is 0.265. The predicted octanol–water partition coefficient (Wildman–Crippen LogP) is 5.43. The number of carbonyl (C=O) groups is 1. The maximum Gasteiger partial charge on any atom is 0.281 e. The first-order valence-electron chi connectivity index (χ1n) is 15.3. The van der Waals surface area contributed by atoms with Crippen LogP contribution in [-0.4, -0.2) is 65.2 Å². The van der Waals surface area contributed by atoms with E-state index in [1.165, 1.54) is 49.9 Å². The molecular weight excluding hydrogens is 604 g/mol. The van der Waals surface area contributed by atoms with Gasteiger partial charge in [0.05, 0.1) is 18.7 Å². The monoisotopic (exact) mass is 645 g/mol. The van der Waals surface area contributed by atoms with Gasteiger partial charge >= 0.3 is 0 Å². The van der Waals surface area contributed by atoms with E-state index >= 15 is 0 Å². The third-order valence-corrected chi connectivity index (χ3v) is 9.52. The molecule has 2 aliphatic rings. The van der Waals surface area contributed by atoms with Gasteiger partial charge in [0.15, 0.2) is 10.8 Å². The van der Waals surface area contributed by atoms with Crippen LogP contribution in [0.4, 0.5) is 20.4 Å². The van der Waals surface area contributed by atoms with E-state index < -0.39 is 33.4 Å². The molecule has 2 N–H and O–H groups in total. The van der Waals surface area contributed by atoms with Gasteiger partial charge in [-0.2, -0.15) is 8.42 Å². The topological polar surface area (TPSA) is 131 Å². The molecule has 45 heavy (non-hydrogen) atoms. The van der Waals surface area contributed by atoms with Crippen LogP contribution in [0.3, 0.4) is 0 Å². The minimum Gasteiger partial charge on any atom is -0.477 e. The molecular formula is C31H41F2N7O4S. The molecule has 1 aliphatic heterocycles. The molecule has 11 nitrogen and oxygen atoms in total. The van der Waals surface area contributed by atoms with Crippen LogP contribution in [0.5, 0.6) is 5.88 Å². The Kier molecular flexibility index (Phi) is 9.33. The Bertz CT molecular complexity index is 1620. The van der Waals surface area contributed by atoms with Crippen molar-refractivity contribution in [2.45, 2.75) is 82.7 Å². The van der Waals surface area contributed by atoms with E-state index in [1.807, 2.05) is 4.90 Å². The van der Waals surface area contributed by atoms with Gasteiger partial charge < -0.3 is 15.0 Å². The lowest BCUT2D eigenvalue weighted by Gasteiger charge is -2.34. The first-order chi connectivity index (χ1) is 21.2. The van der Waals surface area contributed by atoms with Crippen molar-refractivity contribution in [2.75, 3.05) is 29.9 Å². The number of hydrogen-bond acceptors (Lipinski definition) is 9. The fourth-order valence-electron chi connectivity index (χ4n) is 6.19. The third-order valence-electron chi connectivity index (χ3n) is 8.29. The lowest BCUT2D eigenvalue weighted by Crippen LogP contribution is -2.41. The van der Waals surface area contributed by atoms with Crippen LogP contribution in [0.15, 0.2) is 47.6 Å². The average molecular weight is 646 g/mol. The summed E-state index contributed by atoms with van der Waals surface area (Å²) in [6.45, 7) is 7.42. The summed E-state index contributed by atoms with van der Waals surface area (Å²) in [5.41, 5.74) is -0.301. The van der Waals surface area contributed by atoms with E-state index in [2.05, 4.69) is 40.9 Å². The molecule has 0 aromatic carbocycles. The first-order valence-corrected chi connectivity index (χ1v) is 16.8. The average Bonchev–Trinajstić information content (AvgIpc) is 3.72. The van der Waals surface area contributed by atoms with Gasteiger partial charge in [-0.15, -0.1) is 5.10 Å². The van der Waals surface area contributed by atoms with Crippen LogP contribution < -0.4 is 19.7 Å². The van der Waals surface area contributed by atoms with Gasteiger partial charge in [0.25, 0.3) is 21.9 Å². The Morgan fingerprint density at radius 3 is 2.58 bits per heavy atom. The second kappa shape index (κ2) is 12.9. The summed E-state index contributed by atoms with van der Waals surface area (Å²) in [6, 6.07) is 8.80. The number of amides is 1. The highest BCUT2D eigenvalue weighted by Crippen LogP contribution is 2.38. The third kappa shape index (κ3) is 8.08. The number of alkyl halides is 2. The zero-order valence-corrected chi connectivity index (χ0v) is 26.9. The van der Waals surface area contributed by atoms with Gasteiger partial charge in [0.1, 0.15) is 11.6 Å². The molecule has 3 aromatic heterocycles. The number of pyridine rings is 2. The maximum absolute atomic E-state index is 13.6. The number of hydrogen-bond donors (Lipinski definition) is 2. The van der Waals surface area contributed by atoms with Crippen molar-refractivity contribution in [1.29, 1.82) is 0 Å². The molecule has 1 unspecified atom stereocenters. The second-order valence-corrected chi connectivity index (χ2v) is 14.5. The second-order valence-electron chi connectivity index (χ2n) is 12.9. The first kappa shape index (κ1) is 32.6. The van der Waals surface area contributed by atoms with Gasteiger partial charge in [-0.05, 0) is 62.8 Å². The van der Waals surface area contributed by atoms with Crippen LogP contribution >= 0.6 is 0 Å². The molecule has 3 aromatic rings. The normalized spacial score (nSPS) is 18.7. The Morgan fingerprint density at radius 2 is 1.89 bits per heavy atom. The molecule has 4 heterocycles. The standard InChI is InChI=1S/C31H41F2N7O4S/c1-21-18-30(2,3)39(19-21)28-23(29(41)38-45(42,43)27-11-7-10-24(35-27)34-20-31(4,32)33)12-13-25(36-28)40-16-14-26(37-40)44-17-15-22-8-5-6-9-22/h7,10-14,16,21-22H,5-6,8-9,15,17-20H2,1-4H3,(H,34,35)(H,38,41). The van der Waals surface area contributed by atoms with E-state index in [4.69, 9.17) is 9.72 Å². The molecule has 5 rings (SSSR count). The summed E-state index contributed by atoms with van der Waals surface area (Å²) in [7, 11) is -4.46. The van der Waals surface area contributed by atoms with Gasteiger partial charge in [-0.3, -0.25) is 4.79 Å². The van der Waals surface area contributed by atoms with Crippen LogP contribution in [-0.2, 0) is 10.0 Å². The number of nitrogens with one attached hydrogen (secondary N) is 2. The van der Waals surface area contributed by atoms with Crippen LogP contribution in [0.2, 0.25) is 0 Å². The Morgan fingerprint density at radius 1 is 1.13 bits per heavy atom. The molecule has 1 saturated heterocycles. The zero-order chi connectivity index (χ0) is 32.4. The Balaban J connectivity index is 1.38. The fourth-order valence-corrected chi connectivity index (χ4v) is 7.12. The lowest BCUT2D eigenvalue weighted by molar-refractivity contribution is 0.0366. The van der Waals surface area contributed by atoms with E-state index in [0.29, 0.717) is 42.5 Å². The van der Waals surface area contributed by atoms with E-state index in [9.17, 15) is 22.0 Å². The van der Waals surface area contributed by atoms with Gasteiger partial charge in [-0.1, -0.05) is 38.7 Å². The summed E-state index contributed by atoms with van der Waals surface area (Å²) in [4.78, 5) is 24.3. The molecule has 0 bridgehead atoms. The number of halogens is 2. The molecule has 1 amide bonds. The van der Waals surface area contributed by atoms with E-state index in [-0.39, 0.29) is 16.9 Å². The largest absolute Gasteiger partial charge is 0.477 e. The number of rotatable bonds is 12. The molecule has 2 fully saturated rings. The predicted molar refractivity (Wildman–Crippen MR) is 167 cm³/mol. The lowest BCUT2D eigenvalue weighted by atomic mass is 9.97. The number of sulfonamides is 1. The Labute approximate surface area is 262 Å². The summed E-state index contributed by atoms with van der Waals surface area (Å²) in [6.07, 6.45) is 8.64.